The van der Waals surface area contributed by atoms with Crippen LogP contribution in [-0.4, -0.2) is 35.1 Å². The zero-order chi connectivity index (χ0) is 13.5. The summed E-state index contributed by atoms with van der Waals surface area (Å²) in [5.41, 5.74) is -0.0633. The first kappa shape index (κ1) is 14.0. The summed E-state index contributed by atoms with van der Waals surface area (Å²) in [6, 6.07) is 2.79. The number of hydrogen-bond acceptors (Lipinski definition) is 4. The second-order valence-corrected chi connectivity index (χ2v) is 4.17. The summed E-state index contributed by atoms with van der Waals surface area (Å²) in [6.45, 7) is 4.48. The van der Waals surface area contributed by atoms with Gasteiger partial charge >= 0.3 is 5.97 Å². The van der Waals surface area contributed by atoms with Crippen LogP contribution < -0.4 is 10.1 Å². The van der Waals surface area contributed by atoms with E-state index < -0.39 is 5.97 Å². The Bertz CT molecular complexity index is 415. The van der Waals surface area contributed by atoms with E-state index >= 15 is 0 Å². The lowest BCUT2D eigenvalue weighted by atomic mass is 10.2. The van der Waals surface area contributed by atoms with Crippen molar-refractivity contribution in [3.63, 3.8) is 0 Å². The number of aromatic nitrogens is 1. The van der Waals surface area contributed by atoms with Crippen LogP contribution in [0.2, 0.25) is 0 Å². The van der Waals surface area contributed by atoms with E-state index in [1.807, 2.05) is 13.8 Å². The molecule has 0 radical (unpaired) electrons. The van der Waals surface area contributed by atoms with Crippen LogP contribution in [0, 0.1) is 5.92 Å². The van der Waals surface area contributed by atoms with Crippen molar-refractivity contribution in [1.29, 1.82) is 0 Å². The highest BCUT2D eigenvalue weighted by molar-refractivity contribution is 5.85. The van der Waals surface area contributed by atoms with Crippen molar-refractivity contribution in [3.8, 4) is 5.75 Å². The molecule has 98 valence electrons. The number of amides is 1. The van der Waals surface area contributed by atoms with Gasteiger partial charge in [-0.2, -0.15) is 0 Å². The topological polar surface area (TPSA) is 88.5 Å². The van der Waals surface area contributed by atoms with Gasteiger partial charge in [-0.05, 0) is 18.1 Å². The number of carbonyl (C=O) groups is 2. The lowest BCUT2D eigenvalue weighted by molar-refractivity contribution is -0.123. The third-order valence-corrected chi connectivity index (χ3v) is 2.03. The highest BCUT2D eigenvalue weighted by Gasteiger charge is 2.06. The molecular weight excluding hydrogens is 236 g/mol. The van der Waals surface area contributed by atoms with Crippen LogP contribution in [0.5, 0.6) is 5.75 Å². The maximum atomic E-state index is 11.3. The molecule has 1 aromatic rings. The second kappa shape index (κ2) is 6.58. The van der Waals surface area contributed by atoms with Crippen molar-refractivity contribution in [3.05, 3.63) is 24.0 Å². The zero-order valence-electron chi connectivity index (χ0n) is 10.3. The van der Waals surface area contributed by atoms with E-state index in [0.29, 0.717) is 18.2 Å². The predicted octanol–water partition coefficient (Wildman–Crippen LogP) is 0.931. The highest BCUT2D eigenvalue weighted by atomic mass is 16.5. The molecule has 18 heavy (non-hydrogen) atoms. The normalized spacial score (nSPS) is 10.2. The van der Waals surface area contributed by atoms with Gasteiger partial charge in [0.15, 0.2) is 6.61 Å². The molecule has 0 saturated heterocycles. The average Bonchev–Trinajstić information content (AvgIpc) is 2.34. The van der Waals surface area contributed by atoms with Gasteiger partial charge in [-0.1, -0.05) is 13.8 Å². The van der Waals surface area contributed by atoms with E-state index in [1.54, 1.807) is 0 Å². The van der Waals surface area contributed by atoms with Crippen molar-refractivity contribution in [2.24, 2.45) is 5.92 Å². The van der Waals surface area contributed by atoms with Crippen molar-refractivity contribution in [1.82, 2.24) is 10.3 Å². The van der Waals surface area contributed by atoms with Gasteiger partial charge in [0.1, 0.15) is 11.4 Å². The quantitative estimate of drug-likeness (QED) is 0.786. The number of carboxylic acid groups (broad SMARTS) is 1. The Morgan fingerprint density at radius 1 is 1.44 bits per heavy atom. The third-order valence-electron chi connectivity index (χ3n) is 2.03. The molecule has 0 bridgehead atoms. The second-order valence-electron chi connectivity index (χ2n) is 4.17. The van der Waals surface area contributed by atoms with Gasteiger partial charge in [-0.3, -0.25) is 4.79 Å². The minimum absolute atomic E-state index is 0.0633. The highest BCUT2D eigenvalue weighted by Crippen LogP contribution is 2.08. The number of aromatic carboxylic acids is 1. The van der Waals surface area contributed by atoms with E-state index in [1.165, 1.54) is 18.3 Å². The fraction of sp³-hybridized carbons (Fsp3) is 0.417. The van der Waals surface area contributed by atoms with Crippen molar-refractivity contribution in [2.45, 2.75) is 13.8 Å². The molecule has 6 nitrogen and oxygen atoms in total. The minimum atomic E-state index is -1.10. The van der Waals surface area contributed by atoms with Gasteiger partial charge in [-0.25, -0.2) is 9.78 Å². The van der Waals surface area contributed by atoms with Crippen LogP contribution in [-0.2, 0) is 4.79 Å². The summed E-state index contributed by atoms with van der Waals surface area (Å²) in [5, 5.41) is 11.4. The Hall–Kier alpha value is -2.11. The standard InChI is InChI=1S/C12H16N2O4/c1-8(2)5-14-11(15)7-18-9-3-4-10(12(16)17)13-6-9/h3-4,6,8H,5,7H2,1-2H3,(H,14,15)(H,16,17). The molecule has 1 rings (SSSR count). The molecule has 0 unspecified atom stereocenters. The first-order chi connectivity index (χ1) is 8.49. The van der Waals surface area contributed by atoms with Crippen LogP contribution in [0.15, 0.2) is 18.3 Å². The fourth-order valence-corrected chi connectivity index (χ4v) is 1.11. The Labute approximate surface area is 105 Å². The third kappa shape index (κ3) is 4.82. The van der Waals surface area contributed by atoms with Gasteiger partial charge in [0.05, 0.1) is 6.20 Å². The van der Waals surface area contributed by atoms with Gasteiger partial charge < -0.3 is 15.2 Å². The molecule has 0 saturated carbocycles. The molecule has 1 heterocycles. The largest absolute Gasteiger partial charge is 0.482 e. The van der Waals surface area contributed by atoms with Gasteiger partial charge in [0, 0.05) is 6.54 Å². The minimum Gasteiger partial charge on any atom is -0.482 e. The maximum Gasteiger partial charge on any atom is 0.354 e. The molecule has 2 N–H and O–H groups in total. The Kier molecular flexibility index (Phi) is 5.10. The molecule has 0 aliphatic heterocycles. The number of pyridine rings is 1. The molecule has 1 aromatic heterocycles. The van der Waals surface area contributed by atoms with E-state index in [9.17, 15) is 9.59 Å². The van der Waals surface area contributed by atoms with Crippen LogP contribution in [0.4, 0.5) is 0 Å². The van der Waals surface area contributed by atoms with Crippen LogP contribution in [0.3, 0.4) is 0 Å². The molecule has 0 aliphatic carbocycles. The Morgan fingerprint density at radius 2 is 2.17 bits per heavy atom. The predicted molar refractivity (Wildman–Crippen MR) is 64.5 cm³/mol. The molecule has 0 aromatic carbocycles. The fourth-order valence-electron chi connectivity index (χ4n) is 1.11. The van der Waals surface area contributed by atoms with E-state index in [2.05, 4.69) is 10.3 Å². The Balaban J connectivity index is 2.39. The van der Waals surface area contributed by atoms with Crippen LogP contribution in [0.1, 0.15) is 24.3 Å². The van der Waals surface area contributed by atoms with Crippen LogP contribution in [0.25, 0.3) is 0 Å². The number of hydrogen-bond donors (Lipinski definition) is 2. The van der Waals surface area contributed by atoms with Crippen molar-refractivity contribution >= 4 is 11.9 Å². The van der Waals surface area contributed by atoms with Crippen molar-refractivity contribution < 1.29 is 19.4 Å². The zero-order valence-corrected chi connectivity index (χ0v) is 10.3. The van der Waals surface area contributed by atoms with E-state index in [4.69, 9.17) is 9.84 Å². The molecule has 6 heteroatoms. The van der Waals surface area contributed by atoms with Crippen LogP contribution >= 0.6 is 0 Å². The summed E-state index contributed by atoms with van der Waals surface area (Å²) >= 11 is 0. The number of rotatable bonds is 6. The van der Waals surface area contributed by atoms with E-state index in [0.717, 1.165) is 0 Å². The first-order valence-electron chi connectivity index (χ1n) is 5.58. The van der Waals surface area contributed by atoms with Crippen molar-refractivity contribution in [2.75, 3.05) is 13.2 Å². The summed E-state index contributed by atoms with van der Waals surface area (Å²) in [7, 11) is 0. The molecule has 0 aliphatic rings. The SMILES string of the molecule is CC(C)CNC(=O)COc1ccc(C(=O)O)nc1. The average molecular weight is 252 g/mol. The molecule has 1 amide bonds. The number of ether oxygens (including phenoxy) is 1. The van der Waals surface area contributed by atoms with E-state index in [-0.39, 0.29) is 18.2 Å². The number of nitrogens with zero attached hydrogens (tertiary/aromatic N) is 1. The molecular formula is C12H16N2O4. The lowest BCUT2D eigenvalue weighted by Crippen LogP contribution is -2.31. The number of carboxylic acids is 1. The van der Waals surface area contributed by atoms with Gasteiger partial charge in [0.2, 0.25) is 0 Å². The van der Waals surface area contributed by atoms with Gasteiger partial charge in [-0.15, -0.1) is 0 Å². The monoisotopic (exact) mass is 252 g/mol. The first-order valence-corrected chi connectivity index (χ1v) is 5.58. The molecule has 0 atom stereocenters. The number of carbonyl (C=O) groups excluding carboxylic acids is 1. The molecule has 0 fully saturated rings. The number of nitrogens with one attached hydrogen (secondary N) is 1. The summed E-state index contributed by atoms with van der Waals surface area (Å²) in [4.78, 5) is 25.6. The maximum absolute atomic E-state index is 11.3. The summed E-state index contributed by atoms with van der Waals surface area (Å²) in [5.74, 6) is -0.576. The van der Waals surface area contributed by atoms with Gasteiger partial charge in [0.25, 0.3) is 5.91 Å². The molecule has 0 spiro atoms. The Morgan fingerprint density at radius 3 is 2.67 bits per heavy atom. The smallest absolute Gasteiger partial charge is 0.354 e. The summed E-state index contributed by atoms with van der Waals surface area (Å²) < 4.78 is 5.17. The lowest BCUT2D eigenvalue weighted by Gasteiger charge is -2.08. The summed E-state index contributed by atoms with van der Waals surface area (Å²) in [6.07, 6.45) is 1.28.